The predicted octanol–water partition coefficient (Wildman–Crippen LogP) is 3.47. The number of hydrogen-bond donors (Lipinski definition) is 1. The maximum absolute atomic E-state index is 9.81. The summed E-state index contributed by atoms with van der Waals surface area (Å²) in [5, 5.41) is 7.68. The van der Waals surface area contributed by atoms with Crippen molar-refractivity contribution in [3.63, 3.8) is 0 Å². The Labute approximate surface area is 112 Å². The van der Waals surface area contributed by atoms with Crippen LogP contribution in [0.25, 0.3) is 0 Å². The van der Waals surface area contributed by atoms with Gasteiger partial charge in [0, 0.05) is 34.2 Å². The first-order chi connectivity index (χ1) is 7.27. The van der Waals surface area contributed by atoms with Gasteiger partial charge in [-0.25, -0.2) is 4.21 Å². The fourth-order valence-corrected chi connectivity index (χ4v) is 0.599. The van der Waals surface area contributed by atoms with Gasteiger partial charge in [0.1, 0.15) is 0 Å². The molecule has 0 unspecified atom stereocenters. The normalized spacial score (nSPS) is 8.38. The number of halogens is 3. The van der Waals surface area contributed by atoms with E-state index in [1.165, 1.54) is 0 Å². The third kappa shape index (κ3) is 64.6. The fraction of sp³-hybridized carbons (Fsp3) is 0.750. The highest BCUT2D eigenvalue weighted by Gasteiger charge is 1.87. The van der Waals surface area contributed by atoms with Gasteiger partial charge in [0.2, 0.25) is 14.5 Å². The van der Waals surface area contributed by atoms with Crippen molar-refractivity contribution < 1.29 is 18.9 Å². The van der Waals surface area contributed by atoms with E-state index in [1.807, 2.05) is 13.8 Å². The van der Waals surface area contributed by atoms with Crippen LogP contribution in [-0.2, 0) is 18.8 Å². The van der Waals surface area contributed by atoms with Gasteiger partial charge in [-0.05, 0) is 24.4 Å². The molecule has 16 heavy (non-hydrogen) atoms. The second kappa shape index (κ2) is 17.6. The zero-order valence-electron chi connectivity index (χ0n) is 9.04. The van der Waals surface area contributed by atoms with E-state index >= 15 is 0 Å². The number of carboxylic acid groups (broad SMARTS) is 1. The monoisotopic (exact) mass is 312 g/mol. The van der Waals surface area contributed by atoms with Crippen molar-refractivity contribution >= 4 is 53.4 Å². The zero-order valence-corrected chi connectivity index (χ0v) is 12.1. The quantitative estimate of drug-likeness (QED) is 0.807. The van der Waals surface area contributed by atoms with Crippen LogP contribution in [0.2, 0.25) is 0 Å². The molecule has 8 heteroatoms. The Morgan fingerprint density at radius 3 is 1.44 bits per heavy atom. The van der Waals surface area contributed by atoms with E-state index in [1.54, 1.807) is 0 Å². The first kappa shape index (κ1) is 21.4. The third-order valence-electron chi connectivity index (χ3n) is 0.910. The van der Waals surface area contributed by atoms with Gasteiger partial charge in [0.25, 0.3) is 0 Å². The molecule has 0 amide bonds. The van der Waals surface area contributed by atoms with E-state index in [-0.39, 0.29) is 5.24 Å². The zero-order chi connectivity index (χ0) is 13.6. The number of aliphatic carboxylic acids is 1. The van der Waals surface area contributed by atoms with Crippen molar-refractivity contribution in [2.24, 2.45) is 0 Å². The lowest BCUT2D eigenvalue weighted by Crippen LogP contribution is -1.90. The van der Waals surface area contributed by atoms with Gasteiger partial charge in [-0.1, -0.05) is 13.8 Å². The molecule has 0 aromatic carbocycles. The minimum absolute atomic E-state index is 0.238. The molecule has 0 rings (SSSR count). The molecule has 4 nitrogen and oxygen atoms in total. The van der Waals surface area contributed by atoms with Gasteiger partial charge < -0.3 is 5.11 Å². The van der Waals surface area contributed by atoms with Gasteiger partial charge in [-0.3, -0.25) is 9.59 Å². The van der Waals surface area contributed by atoms with E-state index in [0.29, 0.717) is 12.8 Å². The third-order valence-corrected chi connectivity index (χ3v) is 1.10. The van der Waals surface area contributed by atoms with Gasteiger partial charge in [0.05, 0.1) is 0 Å². The molecule has 98 valence electrons. The summed E-state index contributed by atoms with van der Waals surface area (Å²) < 4.78 is 9.09. The molecule has 0 heterocycles. The lowest BCUT2D eigenvalue weighted by atomic mass is 10.4. The maximum atomic E-state index is 9.81. The van der Waals surface area contributed by atoms with Crippen LogP contribution in [0.3, 0.4) is 0 Å². The number of carbonyl (C=O) groups excluding carboxylic acids is 1. The summed E-state index contributed by atoms with van der Waals surface area (Å²) in [6.45, 7) is 3.76. The Hall–Kier alpha value is 0.160. The standard InChI is InChI=1S/C4H7ClO.C4H8O2.Cl2OS/c2*1-2-3-4(5)6;1-4(2)3/h2-3H2,1H3;2-3H2,1H3,(H,5,6);. The van der Waals surface area contributed by atoms with Gasteiger partial charge in [0.15, 0.2) is 0 Å². The summed E-state index contributed by atoms with van der Waals surface area (Å²) in [5.41, 5.74) is 0. The summed E-state index contributed by atoms with van der Waals surface area (Å²) >= 11 is 4.94. The van der Waals surface area contributed by atoms with Crippen molar-refractivity contribution in [1.29, 1.82) is 0 Å². The second-order valence-electron chi connectivity index (χ2n) is 2.43. The van der Waals surface area contributed by atoms with Gasteiger partial charge in [-0.2, -0.15) is 0 Å². The van der Waals surface area contributed by atoms with Crippen LogP contribution in [0.15, 0.2) is 0 Å². The van der Waals surface area contributed by atoms with Gasteiger partial charge in [-0.15, -0.1) is 0 Å². The summed E-state index contributed by atoms with van der Waals surface area (Å²) in [6.07, 6.45) is 2.37. The van der Waals surface area contributed by atoms with Crippen LogP contribution >= 0.6 is 33.0 Å². The largest absolute Gasteiger partial charge is 0.481 e. The van der Waals surface area contributed by atoms with Gasteiger partial charge >= 0.3 is 5.97 Å². The maximum Gasteiger partial charge on any atom is 0.303 e. The lowest BCUT2D eigenvalue weighted by Gasteiger charge is -1.79. The van der Waals surface area contributed by atoms with Crippen LogP contribution in [-0.4, -0.2) is 20.5 Å². The van der Waals surface area contributed by atoms with Crippen LogP contribution in [0.4, 0.5) is 0 Å². The summed E-state index contributed by atoms with van der Waals surface area (Å²) in [4.78, 5) is 19.4. The van der Waals surface area contributed by atoms with Crippen LogP contribution in [0.1, 0.15) is 39.5 Å². The smallest absolute Gasteiger partial charge is 0.303 e. The Kier molecular flexibility index (Phi) is 23.5. The van der Waals surface area contributed by atoms with Crippen molar-refractivity contribution in [3.8, 4) is 0 Å². The topological polar surface area (TPSA) is 71.4 Å². The molecule has 0 aromatic heterocycles. The average molecular weight is 314 g/mol. The summed E-state index contributed by atoms with van der Waals surface area (Å²) in [7, 11) is 7.36. The highest BCUT2D eigenvalue weighted by molar-refractivity contribution is 8.26. The predicted molar refractivity (Wildman–Crippen MR) is 68.2 cm³/mol. The highest BCUT2D eigenvalue weighted by Crippen LogP contribution is 1.90. The molecular formula is C8H15Cl3O4S. The molecule has 0 spiro atoms. The number of rotatable bonds is 4. The Morgan fingerprint density at radius 1 is 1.12 bits per heavy atom. The van der Waals surface area contributed by atoms with E-state index in [4.69, 9.17) is 20.9 Å². The Morgan fingerprint density at radius 2 is 1.44 bits per heavy atom. The number of carboxylic acids is 1. The van der Waals surface area contributed by atoms with Crippen molar-refractivity contribution in [1.82, 2.24) is 0 Å². The van der Waals surface area contributed by atoms with E-state index in [2.05, 4.69) is 21.4 Å². The molecule has 0 saturated heterocycles. The average Bonchev–Trinajstić information content (AvgIpc) is 2.02. The van der Waals surface area contributed by atoms with Crippen LogP contribution < -0.4 is 0 Å². The molecule has 0 saturated carbocycles. The molecule has 1 N–H and O–H groups in total. The Balaban J connectivity index is -0.000000162. The highest BCUT2D eigenvalue weighted by atomic mass is 36.0. The first-order valence-electron chi connectivity index (χ1n) is 4.42. The molecule has 0 aliphatic rings. The molecule has 0 radical (unpaired) electrons. The molecular weight excluding hydrogens is 299 g/mol. The second-order valence-corrected chi connectivity index (χ2v) is 5.38. The van der Waals surface area contributed by atoms with E-state index in [9.17, 15) is 9.59 Å². The minimum atomic E-state index is -1.67. The molecule has 0 atom stereocenters. The van der Waals surface area contributed by atoms with Crippen molar-refractivity contribution in [2.45, 2.75) is 39.5 Å². The summed E-state index contributed by atoms with van der Waals surface area (Å²) in [5.74, 6) is -0.711. The first-order valence-corrected chi connectivity index (χ1v) is 7.60. The van der Waals surface area contributed by atoms with Crippen LogP contribution in [0, 0.1) is 0 Å². The summed E-state index contributed by atoms with van der Waals surface area (Å²) in [6, 6.07) is 0. The lowest BCUT2D eigenvalue weighted by molar-refractivity contribution is -0.137. The molecule has 0 bridgehead atoms. The van der Waals surface area contributed by atoms with E-state index < -0.39 is 15.2 Å². The molecule has 0 aliphatic heterocycles. The van der Waals surface area contributed by atoms with Crippen molar-refractivity contribution in [2.75, 3.05) is 0 Å². The van der Waals surface area contributed by atoms with Crippen molar-refractivity contribution in [3.05, 3.63) is 0 Å². The fourth-order valence-electron chi connectivity index (χ4n) is 0.410. The Bertz CT molecular complexity index is 191. The number of carbonyl (C=O) groups is 2. The molecule has 0 aromatic rings. The van der Waals surface area contributed by atoms with E-state index in [0.717, 1.165) is 12.8 Å². The van der Waals surface area contributed by atoms with Crippen LogP contribution in [0.5, 0.6) is 0 Å². The minimum Gasteiger partial charge on any atom is -0.481 e. The molecule has 0 fully saturated rings. The number of hydrogen-bond acceptors (Lipinski definition) is 3. The molecule has 0 aliphatic carbocycles. The SMILES string of the molecule is CCCC(=O)Cl.CCCC(=O)O.O=S(Cl)Cl.